The van der Waals surface area contributed by atoms with Gasteiger partial charge in [-0.3, -0.25) is 5.32 Å². The number of pyridine rings is 1. The Morgan fingerprint density at radius 1 is 1.18 bits per heavy atom. The Labute approximate surface area is 107 Å². The Bertz CT molecular complexity index is 517. The van der Waals surface area contributed by atoms with Crippen LogP contribution in [0.1, 0.15) is 0 Å². The van der Waals surface area contributed by atoms with Crippen LogP contribution in [0, 0.1) is 0 Å². The van der Waals surface area contributed by atoms with Gasteiger partial charge in [0.15, 0.2) is 0 Å². The summed E-state index contributed by atoms with van der Waals surface area (Å²) in [4.78, 5) is 15.5. The highest BCUT2D eigenvalue weighted by atomic mass is 79.9. The molecule has 0 saturated heterocycles. The van der Waals surface area contributed by atoms with Gasteiger partial charge in [-0.05, 0) is 40.2 Å². The van der Waals surface area contributed by atoms with Crippen molar-refractivity contribution in [1.29, 1.82) is 0 Å². The van der Waals surface area contributed by atoms with Crippen LogP contribution in [-0.4, -0.2) is 11.1 Å². The van der Waals surface area contributed by atoms with E-state index in [0.717, 1.165) is 0 Å². The quantitative estimate of drug-likeness (QED) is 0.863. The first-order valence-electron chi connectivity index (χ1n) is 4.90. The number of amides is 1. The van der Waals surface area contributed by atoms with Crippen molar-refractivity contribution in [2.75, 3.05) is 5.32 Å². The number of aromatic nitrogens is 1. The Balaban J connectivity index is 2.01. The van der Waals surface area contributed by atoms with Crippen LogP contribution in [0.5, 0.6) is 5.75 Å². The van der Waals surface area contributed by atoms with Gasteiger partial charge >= 0.3 is 6.09 Å². The van der Waals surface area contributed by atoms with E-state index >= 15 is 0 Å². The van der Waals surface area contributed by atoms with Crippen LogP contribution < -0.4 is 10.1 Å². The number of carbonyl (C=O) groups is 1. The van der Waals surface area contributed by atoms with E-state index in [-0.39, 0.29) is 0 Å². The Hall–Kier alpha value is -1.88. The summed E-state index contributed by atoms with van der Waals surface area (Å²) in [6.07, 6.45) is 1.07. The van der Waals surface area contributed by atoms with Crippen LogP contribution in [0.2, 0.25) is 0 Å². The van der Waals surface area contributed by atoms with E-state index in [1.807, 2.05) is 6.07 Å². The number of anilines is 1. The van der Waals surface area contributed by atoms with Crippen molar-refractivity contribution < 1.29 is 9.53 Å². The van der Waals surface area contributed by atoms with E-state index < -0.39 is 6.09 Å². The molecule has 1 aromatic heterocycles. The summed E-state index contributed by atoms with van der Waals surface area (Å²) in [5, 5.41) is 2.59. The topological polar surface area (TPSA) is 51.2 Å². The third-order valence-electron chi connectivity index (χ3n) is 1.95. The normalized spacial score (nSPS) is 9.71. The molecule has 2 rings (SSSR count). The van der Waals surface area contributed by atoms with Crippen LogP contribution in [0.3, 0.4) is 0 Å². The monoisotopic (exact) mass is 292 g/mol. The molecule has 0 radical (unpaired) electrons. The number of rotatable bonds is 2. The second kappa shape index (κ2) is 5.45. The van der Waals surface area contributed by atoms with Crippen molar-refractivity contribution in [3.63, 3.8) is 0 Å². The molecule has 0 aliphatic heterocycles. The molecule has 0 unspecified atom stereocenters. The van der Waals surface area contributed by atoms with Gasteiger partial charge in [-0.25, -0.2) is 9.78 Å². The predicted octanol–water partition coefficient (Wildman–Crippen LogP) is 3.46. The largest absolute Gasteiger partial charge is 0.417 e. The summed E-state index contributed by atoms with van der Waals surface area (Å²) in [7, 11) is 0. The smallest absolute Gasteiger partial charge is 0.410 e. The van der Waals surface area contributed by atoms with Crippen LogP contribution in [0.25, 0.3) is 0 Å². The zero-order valence-corrected chi connectivity index (χ0v) is 10.3. The molecule has 0 aliphatic carbocycles. The SMILES string of the molecule is O=C(Nc1cccnc1Br)Oc1ccccc1. The standard InChI is InChI=1S/C12H9BrN2O2/c13-11-10(7-4-8-14-11)15-12(16)17-9-5-2-1-3-6-9/h1-8H,(H,15,16). The molecule has 0 bridgehead atoms. The fourth-order valence-electron chi connectivity index (χ4n) is 1.21. The summed E-state index contributed by atoms with van der Waals surface area (Å²) in [5.41, 5.74) is 0.563. The fourth-order valence-corrected chi connectivity index (χ4v) is 1.56. The number of carbonyl (C=O) groups excluding carboxylic acids is 1. The molecule has 17 heavy (non-hydrogen) atoms. The zero-order chi connectivity index (χ0) is 12.1. The van der Waals surface area contributed by atoms with Gasteiger partial charge in [-0.1, -0.05) is 18.2 Å². The number of para-hydroxylation sites is 1. The maximum Gasteiger partial charge on any atom is 0.417 e. The zero-order valence-electron chi connectivity index (χ0n) is 8.76. The number of ether oxygens (including phenoxy) is 1. The van der Waals surface area contributed by atoms with Crippen molar-refractivity contribution >= 4 is 27.7 Å². The van der Waals surface area contributed by atoms with Crippen molar-refractivity contribution in [3.8, 4) is 5.75 Å². The van der Waals surface area contributed by atoms with Crippen molar-refractivity contribution in [2.45, 2.75) is 0 Å². The Morgan fingerprint density at radius 3 is 2.65 bits per heavy atom. The van der Waals surface area contributed by atoms with Crippen LogP contribution >= 0.6 is 15.9 Å². The molecule has 2 aromatic rings. The van der Waals surface area contributed by atoms with Gasteiger partial charge in [-0.2, -0.15) is 0 Å². The third kappa shape index (κ3) is 3.29. The highest BCUT2D eigenvalue weighted by Gasteiger charge is 2.07. The number of nitrogens with zero attached hydrogens (tertiary/aromatic N) is 1. The maximum atomic E-state index is 11.6. The highest BCUT2D eigenvalue weighted by Crippen LogP contribution is 2.18. The van der Waals surface area contributed by atoms with Gasteiger partial charge in [0.1, 0.15) is 10.4 Å². The summed E-state index contributed by atoms with van der Waals surface area (Å²) in [6, 6.07) is 12.3. The van der Waals surface area contributed by atoms with Gasteiger partial charge in [0.2, 0.25) is 0 Å². The van der Waals surface area contributed by atoms with E-state index in [0.29, 0.717) is 16.0 Å². The van der Waals surface area contributed by atoms with Crippen LogP contribution in [0.4, 0.5) is 10.5 Å². The number of halogens is 1. The summed E-state index contributed by atoms with van der Waals surface area (Å²) >= 11 is 3.23. The molecular formula is C12H9BrN2O2. The maximum absolute atomic E-state index is 11.6. The van der Waals surface area contributed by atoms with Crippen LogP contribution in [0.15, 0.2) is 53.3 Å². The van der Waals surface area contributed by atoms with Crippen molar-refractivity contribution in [3.05, 3.63) is 53.3 Å². The molecule has 1 amide bonds. The second-order valence-corrected chi connectivity index (χ2v) is 3.92. The number of hydrogen-bond acceptors (Lipinski definition) is 3. The van der Waals surface area contributed by atoms with Crippen molar-refractivity contribution in [2.24, 2.45) is 0 Å². The minimum absolute atomic E-state index is 0.491. The molecule has 1 aromatic carbocycles. The first-order chi connectivity index (χ1) is 8.25. The molecule has 1 N–H and O–H groups in total. The summed E-state index contributed by atoms with van der Waals surface area (Å²) < 4.78 is 5.63. The van der Waals surface area contributed by atoms with Gasteiger partial charge in [0, 0.05) is 6.20 Å². The molecule has 5 heteroatoms. The van der Waals surface area contributed by atoms with Gasteiger partial charge < -0.3 is 4.74 Å². The lowest BCUT2D eigenvalue weighted by Gasteiger charge is -2.07. The average molecular weight is 293 g/mol. The third-order valence-corrected chi connectivity index (χ3v) is 2.58. The van der Waals surface area contributed by atoms with E-state index in [1.165, 1.54) is 0 Å². The minimum Gasteiger partial charge on any atom is -0.410 e. The van der Waals surface area contributed by atoms with E-state index in [2.05, 4.69) is 26.2 Å². The second-order valence-electron chi connectivity index (χ2n) is 3.17. The number of hydrogen-bond donors (Lipinski definition) is 1. The minimum atomic E-state index is -0.551. The molecular weight excluding hydrogens is 284 g/mol. The van der Waals surface area contributed by atoms with E-state index in [4.69, 9.17) is 4.74 Å². The highest BCUT2D eigenvalue weighted by molar-refractivity contribution is 9.10. The molecule has 0 fully saturated rings. The molecule has 1 heterocycles. The Kier molecular flexibility index (Phi) is 3.72. The van der Waals surface area contributed by atoms with Crippen LogP contribution in [-0.2, 0) is 0 Å². The van der Waals surface area contributed by atoms with Gasteiger partial charge in [0.05, 0.1) is 5.69 Å². The summed E-state index contributed by atoms with van der Waals surface area (Å²) in [6.45, 7) is 0. The Morgan fingerprint density at radius 2 is 1.94 bits per heavy atom. The molecule has 4 nitrogen and oxygen atoms in total. The molecule has 0 aliphatic rings. The van der Waals surface area contributed by atoms with E-state index in [1.54, 1.807) is 42.6 Å². The first kappa shape index (κ1) is 11.6. The average Bonchev–Trinajstić information content (AvgIpc) is 2.33. The molecule has 0 atom stereocenters. The number of nitrogens with one attached hydrogen (secondary N) is 1. The lowest BCUT2D eigenvalue weighted by atomic mass is 10.3. The number of benzene rings is 1. The fraction of sp³-hybridized carbons (Fsp3) is 0. The lowest BCUT2D eigenvalue weighted by Crippen LogP contribution is -2.17. The van der Waals surface area contributed by atoms with Gasteiger partial charge in [0.25, 0.3) is 0 Å². The summed E-state index contributed by atoms with van der Waals surface area (Å²) in [5.74, 6) is 0.491. The first-order valence-corrected chi connectivity index (χ1v) is 5.69. The predicted molar refractivity (Wildman–Crippen MR) is 68.0 cm³/mol. The van der Waals surface area contributed by atoms with E-state index in [9.17, 15) is 4.79 Å². The van der Waals surface area contributed by atoms with Crippen molar-refractivity contribution in [1.82, 2.24) is 4.98 Å². The molecule has 0 saturated carbocycles. The molecule has 86 valence electrons. The van der Waals surface area contributed by atoms with Gasteiger partial charge in [-0.15, -0.1) is 0 Å². The molecule has 0 spiro atoms. The lowest BCUT2D eigenvalue weighted by molar-refractivity contribution is 0.215.